The molecule has 4 N–H and O–H groups in total. The Balaban J connectivity index is 1.54. The number of pyridine rings is 2. The number of hydrogen-bond donors (Lipinski definition) is 2. The molecule has 0 radical (unpaired) electrons. The summed E-state index contributed by atoms with van der Waals surface area (Å²) >= 11 is 0. The van der Waals surface area contributed by atoms with Crippen molar-refractivity contribution in [3.05, 3.63) is 164 Å². The maximum atomic E-state index is 6.37. The first-order chi connectivity index (χ1) is 21.8. The van der Waals surface area contributed by atoms with Crippen LogP contribution in [0.1, 0.15) is 18.4 Å². The Bertz CT molecular complexity index is 2000. The molecule has 0 bridgehead atoms. The first-order valence-corrected chi connectivity index (χ1v) is 14.8. The predicted octanol–water partition coefficient (Wildman–Crippen LogP) is 9.45. The Labute approximate surface area is 258 Å². The van der Waals surface area contributed by atoms with Gasteiger partial charge in [0.2, 0.25) is 0 Å². The van der Waals surface area contributed by atoms with Gasteiger partial charge in [0.15, 0.2) is 0 Å². The van der Waals surface area contributed by atoms with Crippen LogP contribution in [0.3, 0.4) is 0 Å². The molecular weight excluding hydrogens is 536 g/mol. The van der Waals surface area contributed by atoms with E-state index < -0.39 is 0 Å². The molecule has 0 spiro atoms. The number of nitrogens with two attached hydrogens (primary N) is 2. The highest BCUT2D eigenvalue weighted by Gasteiger charge is 2.18. The lowest BCUT2D eigenvalue weighted by molar-refractivity contribution is 1.05. The van der Waals surface area contributed by atoms with Gasteiger partial charge < -0.3 is 11.5 Å². The van der Waals surface area contributed by atoms with Gasteiger partial charge in [0.05, 0.1) is 11.4 Å². The molecule has 4 aromatic carbocycles. The lowest BCUT2D eigenvalue weighted by Gasteiger charge is -2.19. The van der Waals surface area contributed by atoms with Crippen molar-refractivity contribution < 1.29 is 0 Å². The van der Waals surface area contributed by atoms with Gasteiger partial charge in [-0.05, 0) is 98.8 Å². The fraction of sp³-hybridized carbons (Fsp3) is 0.0500. The molecule has 6 aromatic rings. The Hall–Kier alpha value is -5.74. The summed E-state index contributed by atoms with van der Waals surface area (Å²) in [5.74, 6) is 0. The minimum absolute atomic E-state index is 0.846. The predicted molar refractivity (Wildman–Crippen MR) is 186 cm³/mol. The van der Waals surface area contributed by atoms with E-state index >= 15 is 0 Å². The lowest BCUT2D eigenvalue weighted by atomic mass is 9.85. The maximum absolute atomic E-state index is 6.37. The highest BCUT2D eigenvalue weighted by Crippen LogP contribution is 2.43. The fourth-order valence-corrected chi connectivity index (χ4v) is 5.68. The van der Waals surface area contributed by atoms with Crippen LogP contribution in [-0.2, 0) is 0 Å². The van der Waals surface area contributed by atoms with Crippen LogP contribution in [0.5, 0.6) is 0 Å². The average Bonchev–Trinajstić information content (AvgIpc) is 3.09. The molecule has 44 heavy (non-hydrogen) atoms. The summed E-state index contributed by atoms with van der Waals surface area (Å²) in [5, 5.41) is 4.58. The van der Waals surface area contributed by atoms with Crippen LogP contribution in [0.4, 0.5) is 0 Å². The van der Waals surface area contributed by atoms with Crippen LogP contribution < -0.4 is 11.5 Å². The van der Waals surface area contributed by atoms with Gasteiger partial charge in [0.1, 0.15) is 0 Å². The van der Waals surface area contributed by atoms with E-state index in [4.69, 9.17) is 16.5 Å². The molecule has 0 fully saturated rings. The number of unbranched alkanes of at least 4 members (excludes halogenated alkanes) is 1. The number of hydrogen-bond acceptors (Lipinski definition) is 4. The third kappa shape index (κ3) is 5.92. The fourth-order valence-electron chi connectivity index (χ4n) is 5.68. The monoisotopic (exact) mass is 570 g/mol. The minimum Gasteiger partial charge on any atom is -0.405 e. The topological polar surface area (TPSA) is 77.8 Å². The van der Waals surface area contributed by atoms with E-state index in [1.807, 2.05) is 42.6 Å². The van der Waals surface area contributed by atoms with E-state index in [0.29, 0.717) is 0 Å². The lowest BCUT2D eigenvalue weighted by Crippen LogP contribution is -1.96. The molecule has 0 unspecified atom stereocenters. The van der Waals surface area contributed by atoms with E-state index in [2.05, 4.69) is 102 Å². The zero-order valence-electron chi connectivity index (χ0n) is 24.5. The molecule has 0 aliphatic heterocycles. The second-order valence-corrected chi connectivity index (χ2v) is 10.5. The second kappa shape index (κ2) is 13.5. The molecule has 0 aliphatic rings. The van der Waals surface area contributed by atoms with Crippen molar-refractivity contribution in [2.24, 2.45) is 11.5 Å². The standard InChI is InChI=1S/C40H34N4/c41-24-12-4-2-1-3-6-16-31(27-42)39-33-17-9-10-18-34(33)40(32-21-23-38(44-28-32)37-19-11-13-25-43-37)35-22-20-30(26-36(35)39)29-14-7-5-8-15-29/h2,4-28H,1,3,41-42H2/b4-2-,16-6-,24-12-,31-27+. The molecule has 0 aliphatic carbocycles. The summed E-state index contributed by atoms with van der Waals surface area (Å²) in [6.07, 6.45) is 19.1. The van der Waals surface area contributed by atoms with E-state index in [-0.39, 0.29) is 0 Å². The Morgan fingerprint density at radius 3 is 2.07 bits per heavy atom. The Morgan fingerprint density at radius 1 is 0.591 bits per heavy atom. The highest BCUT2D eigenvalue weighted by molar-refractivity contribution is 6.20. The van der Waals surface area contributed by atoms with E-state index in [1.165, 1.54) is 11.8 Å². The summed E-state index contributed by atoms with van der Waals surface area (Å²) < 4.78 is 0. The van der Waals surface area contributed by atoms with Gasteiger partial charge in [-0.3, -0.25) is 9.97 Å². The van der Waals surface area contributed by atoms with Crippen molar-refractivity contribution in [1.29, 1.82) is 0 Å². The molecule has 2 aromatic heterocycles. The van der Waals surface area contributed by atoms with Crippen LogP contribution in [0, 0.1) is 0 Å². The molecule has 214 valence electrons. The quantitative estimate of drug-likeness (QED) is 0.103. The normalized spacial score (nSPS) is 12.3. The number of aromatic nitrogens is 2. The summed E-state index contributed by atoms with van der Waals surface area (Å²) in [4.78, 5) is 9.31. The third-order valence-corrected chi connectivity index (χ3v) is 7.73. The number of fused-ring (bicyclic) bond motifs is 2. The van der Waals surface area contributed by atoms with Crippen molar-refractivity contribution in [3.8, 4) is 33.6 Å². The molecule has 0 atom stereocenters. The minimum atomic E-state index is 0.846. The van der Waals surface area contributed by atoms with E-state index in [1.54, 1.807) is 12.4 Å². The van der Waals surface area contributed by atoms with Gasteiger partial charge in [-0.15, -0.1) is 0 Å². The van der Waals surface area contributed by atoms with Crippen LogP contribution >= 0.6 is 0 Å². The Morgan fingerprint density at radius 2 is 1.32 bits per heavy atom. The summed E-state index contributed by atoms with van der Waals surface area (Å²) in [6.45, 7) is 0. The molecule has 0 saturated heterocycles. The first kappa shape index (κ1) is 28.4. The number of nitrogens with zero attached hydrogens (tertiary/aromatic N) is 2. The second-order valence-electron chi connectivity index (χ2n) is 10.5. The summed E-state index contributed by atoms with van der Waals surface area (Å²) in [7, 11) is 0. The van der Waals surface area contributed by atoms with Crippen LogP contribution in [0.25, 0.3) is 60.8 Å². The molecule has 6 rings (SSSR count). The third-order valence-electron chi connectivity index (χ3n) is 7.73. The number of benzene rings is 4. The smallest absolute Gasteiger partial charge is 0.0886 e. The van der Waals surface area contributed by atoms with Gasteiger partial charge in [-0.25, -0.2) is 0 Å². The van der Waals surface area contributed by atoms with Gasteiger partial charge >= 0.3 is 0 Å². The van der Waals surface area contributed by atoms with Gasteiger partial charge in [0.25, 0.3) is 0 Å². The molecule has 0 saturated carbocycles. The van der Waals surface area contributed by atoms with Crippen molar-refractivity contribution in [2.45, 2.75) is 12.8 Å². The maximum Gasteiger partial charge on any atom is 0.0886 e. The van der Waals surface area contributed by atoms with Crippen molar-refractivity contribution >= 4 is 27.1 Å². The van der Waals surface area contributed by atoms with Gasteiger partial charge in [-0.2, -0.15) is 0 Å². The highest BCUT2D eigenvalue weighted by atomic mass is 14.8. The Kier molecular flexibility index (Phi) is 8.70. The SMILES string of the molecule is N/C=C\C=C/CC/C=C\C(=C/N)c1c2ccccc2c(-c2ccc(-c3ccccn3)nc2)c2ccc(-c3ccccc3)cc12. The first-order valence-electron chi connectivity index (χ1n) is 14.8. The number of allylic oxidation sites excluding steroid dienone is 6. The van der Waals surface area contributed by atoms with Gasteiger partial charge in [-0.1, -0.05) is 103 Å². The van der Waals surface area contributed by atoms with E-state index in [9.17, 15) is 0 Å². The summed E-state index contributed by atoms with van der Waals surface area (Å²) in [5.41, 5.74) is 20.1. The van der Waals surface area contributed by atoms with Crippen molar-refractivity contribution in [2.75, 3.05) is 0 Å². The molecular formula is C40H34N4. The molecule has 0 amide bonds. The molecule has 4 heteroatoms. The van der Waals surface area contributed by atoms with Crippen molar-refractivity contribution in [3.63, 3.8) is 0 Å². The largest absolute Gasteiger partial charge is 0.405 e. The van der Waals surface area contributed by atoms with Crippen LogP contribution in [0.15, 0.2) is 158 Å². The molecule has 4 nitrogen and oxygen atoms in total. The zero-order valence-corrected chi connectivity index (χ0v) is 24.5. The molecule has 2 heterocycles. The van der Waals surface area contributed by atoms with Crippen molar-refractivity contribution in [1.82, 2.24) is 9.97 Å². The zero-order chi connectivity index (χ0) is 30.1. The summed E-state index contributed by atoms with van der Waals surface area (Å²) in [6, 6.07) is 35.9. The average molecular weight is 571 g/mol. The number of rotatable bonds is 9. The van der Waals surface area contributed by atoms with E-state index in [0.717, 1.165) is 73.6 Å². The van der Waals surface area contributed by atoms with Crippen LogP contribution in [-0.4, -0.2) is 9.97 Å². The van der Waals surface area contributed by atoms with Gasteiger partial charge in [0, 0.05) is 24.2 Å². The van der Waals surface area contributed by atoms with Crippen LogP contribution in [0.2, 0.25) is 0 Å².